The summed E-state index contributed by atoms with van der Waals surface area (Å²) in [6.45, 7) is 0. The van der Waals surface area contributed by atoms with E-state index in [4.69, 9.17) is 36.8 Å². The van der Waals surface area contributed by atoms with E-state index in [1.165, 1.54) is 45.6 Å². The first-order chi connectivity index (χ1) is 23.4. The summed E-state index contributed by atoms with van der Waals surface area (Å²) in [6, 6.07) is 29.8. The van der Waals surface area contributed by atoms with Crippen molar-refractivity contribution in [1.82, 2.24) is 0 Å². The Morgan fingerprint density at radius 3 is 1.19 bits per heavy atom. The van der Waals surface area contributed by atoms with Gasteiger partial charge in [0.25, 0.3) is 0 Å². The van der Waals surface area contributed by atoms with E-state index >= 15 is 0 Å². The van der Waals surface area contributed by atoms with Gasteiger partial charge in [0.05, 0.1) is 32.5 Å². The minimum Gasteiger partial charge on any atom is -0.493 e. The minimum absolute atomic E-state index is 0.0266. The Balaban J connectivity index is 1.35. The summed E-state index contributed by atoms with van der Waals surface area (Å²) in [6.07, 6.45) is 0. The normalized spacial score (nSPS) is 12.4. The number of ketones is 2. The van der Waals surface area contributed by atoms with Crippen molar-refractivity contribution < 1.29 is 51.3 Å². The maximum Gasteiger partial charge on any atom is 0.530 e. The molecule has 5 aromatic carbocycles. The van der Waals surface area contributed by atoms with Crippen LogP contribution in [0.25, 0.3) is 0 Å². The van der Waals surface area contributed by atoms with Crippen molar-refractivity contribution in [2.45, 2.75) is 0 Å². The van der Waals surface area contributed by atoms with E-state index in [-0.39, 0.29) is 39.5 Å². The maximum absolute atomic E-state index is 14.3. The van der Waals surface area contributed by atoms with Gasteiger partial charge in [0, 0.05) is 11.1 Å². The van der Waals surface area contributed by atoms with Crippen molar-refractivity contribution in [1.29, 1.82) is 0 Å². The third-order valence-electron chi connectivity index (χ3n) is 7.07. The summed E-state index contributed by atoms with van der Waals surface area (Å²) < 4.78 is 46.1. The van der Waals surface area contributed by atoms with Crippen LogP contribution in [0.3, 0.4) is 0 Å². The molecule has 0 bridgehead atoms. The fraction of sp³-hybridized carbons (Fsp3) is 0.0857. The molecule has 48 heavy (non-hydrogen) atoms. The quantitative estimate of drug-likeness (QED) is 0.119. The highest BCUT2D eigenvalue weighted by Crippen LogP contribution is 2.49. The van der Waals surface area contributed by atoms with Crippen LogP contribution in [0, 0.1) is 0 Å². The van der Waals surface area contributed by atoms with Crippen LogP contribution in [0.1, 0.15) is 31.8 Å². The molecule has 11 nitrogen and oxygen atoms in total. The van der Waals surface area contributed by atoms with E-state index in [9.17, 15) is 14.5 Å². The average Bonchev–Trinajstić information content (AvgIpc) is 3.11. The number of rotatable bonds is 13. The number of benzene rings is 5. The monoisotopic (exact) mass is 686 g/mol. The largest absolute Gasteiger partial charge is 0.530 e. The Morgan fingerprint density at radius 2 is 0.750 bits per heavy atom. The van der Waals surface area contributed by atoms with Crippen LogP contribution < -0.4 is 36.8 Å². The minimum atomic E-state index is -2.59. The topological polar surface area (TPSA) is 128 Å². The van der Waals surface area contributed by atoms with Crippen molar-refractivity contribution in [3.63, 3.8) is 0 Å². The van der Waals surface area contributed by atoms with Crippen molar-refractivity contribution >= 4 is 28.8 Å². The smallest absolute Gasteiger partial charge is 0.493 e. The molecule has 244 valence electrons. The van der Waals surface area contributed by atoms with Gasteiger partial charge in [-0.05, 0) is 48.5 Å². The second-order valence-corrected chi connectivity index (χ2v) is 11.7. The number of hydrogen-bond acceptors (Lipinski definition) is 11. The SMILES string of the molecule is COc1ccccc1OP(O)Oc1cccc2c1C(=O)c1c(OP(Oc3ccccc3OC)Oc3ccccc3OC)cccc1C2=O. The standard InChI is InChI=1S/C35H28O11P2/c1-39-24-14-4-7-17-27(24)42-47(38)43-30-20-10-12-22-32(30)35(37)33-23(34(22)36)13-11-21-31(33)46-48(44-28-18-8-5-15-25(28)40-2)45-29-19-9-6-16-26(29)41-3/h4-21,38H,1-3H3. The van der Waals surface area contributed by atoms with Gasteiger partial charge in [-0.2, -0.15) is 0 Å². The first-order valence-electron chi connectivity index (χ1n) is 14.3. The van der Waals surface area contributed by atoms with Gasteiger partial charge in [-0.15, -0.1) is 0 Å². The van der Waals surface area contributed by atoms with Crippen LogP contribution in [0.2, 0.25) is 0 Å². The lowest BCUT2D eigenvalue weighted by Gasteiger charge is -2.24. The van der Waals surface area contributed by atoms with Crippen molar-refractivity contribution in [3.05, 3.63) is 131 Å². The summed E-state index contributed by atoms with van der Waals surface area (Å²) in [5.41, 5.74) is 0.124. The number of hydrogen-bond donors (Lipinski definition) is 1. The fourth-order valence-electron chi connectivity index (χ4n) is 4.90. The first kappa shape index (κ1) is 32.6. The lowest BCUT2D eigenvalue weighted by atomic mass is 9.83. The Bertz CT molecular complexity index is 1920. The van der Waals surface area contributed by atoms with E-state index < -0.39 is 28.8 Å². The Labute approximate surface area is 278 Å². The molecule has 0 saturated heterocycles. The number of carbonyl (C=O) groups is 2. The zero-order valence-corrected chi connectivity index (χ0v) is 27.6. The second kappa shape index (κ2) is 14.6. The molecule has 0 radical (unpaired) electrons. The number of ether oxygens (including phenoxy) is 3. The van der Waals surface area contributed by atoms with Crippen molar-refractivity contribution in [3.8, 4) is 46.0 Å². The molecule has 0 saturated carbocycles. The highest BCUT2D eigenvalue weighted by Gasteiger charge is 2.37. The van der Waals surface area contributed by atoms with Gasteiger partial charge in [0.2, 0.25) is 5.78 Å². The van der Waals surface area contributed by atoms with Gasteiger partial charge in [0.1, 0.15) is 11.5 Å². The lowest BCUT2D eigenvalue weighted by Crippen LogP contribution is -2.22. The molecule has 0 aliphatic heterocycles. The predicted molar refractivity (Wildman–Crippen MR) is 178 cm³/mol. The van der Waals surface area contributed by atoms with Crippen molar-refractivity contribution in [2.24, 2.45) is 0 Å². The summed E-state index contributed by atoms with van der Waals surface area (Å²) in [5.74, 6) is 1.06. The average molecular weight is 687 g/mol. The van der Waals surface area contributed by atoms with Gasteiger partial charge in [-0.1, -0.05) is 60.7 Å². The molecule has 1 N–H and O–H groups in total. The third-order valence-corrected chi connectivity index (χ3v) is 8.82. The van der Waals surface area contributed by atoms with Crippen LogP contribution in [-0.4, -0.2) is 37.8 Å². The van der Waals surface area contributed by atoms with Crippen LogP contribution in [0.15, 0.2) is 109 Å². The van der Waals surface area contributed by atoms with Gasteiger partial charge in [0.15, 0.2) is 40.3 Å². The Hall–Kier alpha value is -5.34. The zero-order valence-electron chi connectivity index (χ0n) is 25.8. The van der Waals surface area contributed by atoms with Crippen LogP contribution in [0.4, 0.5) is 0 Å². The molecule has 1 aliphatic rings. The van der Waals surface area contributed by atoms with Gasteiger partial charge in [-0.3, -0.25) is 9.59 Å². The van der Waals surface area contributed by atoms with Crippen LogP contribution in [0.5, 0.6) is 46.0 Å². The molecule has 6 rings (SSSR count). The van der Waals surface area contributed by atoms with Gasteiger partial charge >= 0.3 is 17.2 Å². The molecule has 5 aromatic rings. The highest BCUT2D eigenvalue weighted by atomic mass is 31.2. The maximum atomic E-state index is 14.3. The van der Waals surface area contributed by atoms with E-state index in [1.54, 1.807) is 84.9 Å². The number of fused-ring (bicyclic) bond motifs is 2. The van der Waals surface area contributed by atoms with Crippen LogP contribution in [-0.2, 0) is 0 Å². The fourth-order valence-corrected chi connectivity index (χ4v) is 6.62. The summed E-state index contributed by atoms with van der Waals surface area (Å²) in [4.78, 5) is 38.8. The third kappa shape index (κ3) is 6.71. The number of para-hydroxylation sites is 6. The number of methoxy groups -OCH3 is 3. The molecule has 0 spiro atoms. The zero-order chi connectivity index (χ0) is 33.6. The van der Waals surface area contributed by atoms with E-state index in [0.29, 0.717) is 28.7 Å². The van der Waals surface area contributed by atoms with E-state index in [1.807, 2.05) is 0 Å². The molecule has 1 atom stereocenters. The molecule has 1 aliphatic carbocycles. The van der Waals surface area contributed by atoms with E-state index in [0.717, 1.165) is 0 Å². The Kier molecular flexibility index (Phi) is 9.92. The molecule has 0 amide bonds. The Morgan fingerprint density at radius 1 is 0.417 bits per heavy atom. The van der Waals surface area contributed by atoms with Crippen LogP contribution >= 0.6 is 17.2 Å². The predicted octanol–water partition coefficient (Wildman–Crippen LogP) is 7.93. The molecule has 0 aromatic heterocycles. The lowest BCUT2D eigenvalue weighted by molar-refractivity contribution is 0.0975. The number of carbonyl (C=O) groups excluding carboxylic acids is 2. The first-order valence-corrected chi connectivity index (χ1v) is 16.6. The molecule has 0 fully saturated rings. The molecule has 0 heterocycles. The summed E-state index contributed by atoms with van der Waals surface area (Å²) in [7, 11) is -0.455. The van der Waals surface area contributed by atoms with Crippen molar-refractivity contribution in [2.75, 3.05) is 21.3 Å². The summed E-state index contributed by atoms with van der Waals surface area (Å²) >= 11 is 0. The van der Waals surface area contributed by atoms with E-state index in [2.05, 4.69) is 0 Å². The molecule has 1 unspecified atom stereocenters. The second-order valence-electron chi connectivity index (χ2n) is 9.89. The molecular formula is C35H28O11P2. The molecule has 13 heteroatoms. The van der Waals surface area contributed by atoms with Gasteiger partial charge in [-0.25, -0.2) is 0 Å². The summed E-state index contributed by atoms with van der Waals surface area (Å²) in [5, 5.41) is 0. The highest BCUT2D eigenvalue weighted by molar-refractivity contribution is 7.43. The van der Waals surface area contributed by atoms with Gasteiger partial charge < -0.3 is 41.7 Å². The molecular weight excluding hydrogens is 658 g/mol.